The molecular weight excluding hydrogens is 327 g/mol. The number of hydrogen-bond acceptors (Lipinski definition) is 3. The summed E-state index contributed by atoms with van der Waals surface area (Å²) in [6.45, 7) is 0.426. The molecule has 26 heavy (non-hydrogen) atoms. The molecule has 5 heteroatoms. The van der Waals surface area contributed by atoms with Crippen molar-refractivity contribution < 1.29 is 4.39 Å². The number of halogens is 1. The Labute approximate surface area is 150 Å². The molecule has 0 unspecified atom stereocenters. The second-order valence-electron chi connectivity index (χ2n) is 5.90. The molecule has 0 aliphatic rings. The lowest BCUT2D eigenvalue weighted by Crippen LogP contribution is -2.01. The molecule has 2 aromatic heterocycles. The molecule has 0 atom stereocenters. The monoisotopic (exact) mass is 344 g/mol. The lowest BCUT2D eigenvalue weighted by molar-refractivity contribution is 0.613. The fourth-order valence-corrected chi connectivity index (χ4v) is 2.75. The number of aromatic amines is 1. The minimum Gasteiger partial charge on any atom is -0.381 e. The van der Waals surface area contributed by atoms with Crippen molar-refractivity contribution in [3.05, 3.63) is 89.6 Å². The Kier molecular flexibility index (Phi) is 4.43. The molecule has 0 saturated carbocycles. The van der Waals surface area contributed by atoms with Crippen LogP contribution in [0.5, 0.6) is 0 Å². The average Bonchev–Trinajstić information content (AvgIpc) is 3.09. The number of nitrogens with one attached hydrogen (secondary N) is 2. The van der Waals surface area contributed by atoms with Crippen LogP contribution in [0.3, 0.4) is 0 Å². The molecule has 0 radical (unpaired) electrons. The van der Waals surface area contributed by atoms with Crippen molar-refractivity contribution in [2.75, 3.05) is 5.32 Å². The van der Waals surface area contributed by atoms with Crippen molar-refractivity contribution in [2.45, 2.75) is 6.54 Å². The van der Waals surface area contributed by atoms with Crippen molar-refractivity contribution in [1.29, 1.82) is 0 Å². The van der Waals surface area contributed by atoms with Crippen LogP contribution >= 0.6 is 0 Å². The number of H-pyrrole nitrogens is 1. The van der Waals surface area contributed by atoms with Gasteiger partial charge in [-0.05, 0) is 48.6 Å². The van der Waals surface area contributed by atoms with E-state index in [1.807, 2.05) is 54.6 Å². The van der Waals surface area contributed by atoms with E-state index in [1.165, 1.54) is 6.07 Å². The van der Waals surface area contributed by atoms with Gasteiger partial charge in [0.15, 0.2) is 0 Å². The number of benzene rings is 2. The number of pyridine rings is 1. The van der Waals surface area contributed by atoms with E-state index in [1.54, 1.807) is 18.3 Å². The number of aromatic nitrogens is 3. The molecule has 0 aliphatic carbocycles. The fourth-order valence-electron chi connectivity index (χ4n) is 2.75. The van der Waals surface area contributed by atoms with Crippen LogP contribution in [-0.4, -0.2) is 15.2 Å². The van der Waals surface area contributed by atoms with Gasteiger partial charge in [0.1, 0.15) is 5.82 Å². The molecule has 4 aromatic rings. The quantitative estimate of drug-likeness (QED) is 0.542. The minimum absolute atomic E-state index is 0.205. The van der Waals surface area contributed by atoms with E-state index in [0.717, 1.165) is 28.0 Å². The number of hydrogen-bond donors (Lipinski definition) is 2. The molecule has 2 heterocycles. The first kappa shape index (κ1) is 16.0. The van der Waals surface area contributed by atoms with E-state index < -0.39 is 0 Å². The van der Waals surface area contributed by atoms with E-state index in [-0.39, 0.29) is 5.82 Å². The molecule has 0 bridgehead atoms. The van der Waals surface area contributed by atoms with Crippen molar-refractivity contribution in [3.63, 3.8) is 0 Å². The minimum atomic E-state index is -0.205. The van der Waals surface area contributed by atoms with Crippen molar-refractivity contribution in [2.24, 2.45) is 0 Å². The van der Waals surface area contributed by atoms with Crippen LogP contribution in [0.4, 0.5) is 10.1 Å². The molecule has 2 aromatic carbocycles. The van der Waals surface area contributed by atoms with Gasteiger partial charge in [0.25, 0.3) is 0 Å². The smallest absolute Gasteiger partial charge is 0.128 e. The summed E-state index contributed by atoms with van der Waals surface area (Å²) in [6.07, 6.45) is 5.62. The molecule has 2 N–H and O–H groups in total. The van der Waals surface area contributed by atoms with Crippen LogP contribution in [0.25, 0.3) is 23.1 Å². The summed E-state index contributed by atoms with van der Waals surface area (Å²) in [7, 11) is 0. The average molecular weight is 344 g/mol. The summed E-state index contributed by atoms with van der Waals surface area (Å²) in [4.78, 5) is 4.27. The Morgan fingerprint density at radius 2 is 1.88 bits per heavy atom. The van der Waals surface area contributed by atoms with Crippen LogP contribution in [0.1, 0.15) is 17.0 Å². The third kappa shape index (κ3) is 3.47. The Morgan fingerprint density at radius 3 is 2.73 bits per heavy atom. The maximum Gasteiger partial charge on any atom is 0.128 e. The zero-order valence-corrected chi connectivity index (χ0v) is 14.0. The van der Waals surface area contributed by atoms with Gasteiger partial charge in [0.2, 0.25) is 0 Å². The second kappa shape index (κ2) is 7.19. The fraction of sp³-hybridized carbons (Fsp3) is 0.0476. The van der Waals surface area contributed by atoms with Gasteiger partial charge < -0.3 is 5.32 Å². The Hall–Kier alpha value is -3.47. The summed E-state index contributed by atoms with van der Waals surface area (Å²) in [5.74, 6) is -0.205. The molecule has 128 valence electrons. The third-order valence-electron chi connectivity index (χ3n) is 4.13. The van der Waals surface area contributed by atoms with Crippen molar-refractivity contribution in [3.8, 4) is 0 Å². The lowest BCUT2D eigenvalue weighted by Gasteiger charge is -2.07. The van der Waals surface area contributed by atoms with Crippen molar-refractivity contribution >= 4 is 28.7 Å². The van der Waals surface area contributed by atoms with Gasteiger partial charge in [-0.2, -0.15) is 5.10 Å². The SMILES string of the molecule is Fc1ccccc1CNc1ccc2[nH]nc(/C=C/c3ccccn3)c2c1. The van der Waals surface area contributed by atoms with Crippen LogP contribution in [0.2, 0.25) is 0 Å². The number of nitrogens with zero attached hydrogens (tertiary/aromatic N) is 2. The number of anilines is 1. The van der Waals surface area contributed by atoms with Crippen LogP contribution in [0.15, 0.2) is 66.9 Å². The standard InChI is InChI=1S/C21H17FN4/c22-19-7-2-1-5-15(19)14-24-17-9-11-21-18(13-17)20(25-26-21)10-8-16-6-3-4-12-23-16/h1-13,24H,14H2,(H,25,26)/b10-8+. The topological polar surface area (TPSA) is 53.6 Å². The van der Waals surface area contributed by atoms with Gasteiger partial charge >= 0.3 is 0 Å². The molecule has 0 saturated heterocycles. The zero-order valence-electron chi connectivity index (χ0n) is 14.0. The molecule has 0 amide bonds. The normalized spacial score (nSPS) is 11.3. The van der Waals surface area contributed by atoms with Gasteiger partial charge in [0, 0.05) is 29.4 Å². The third-order valence-corrected chi connectivity index (χ3v) is 4.13. The van der Waals surface area contributed by atoms with Crippen LogP contribution < -0.4 is 5.32 Å². The van der Waals surface area contributed by atoms with E-state index in [4.69, 9.17) is 0 Å². The number of fused-ring (bicyclic) bond motifs is 1. The Balaban J connectivity index is 1.56. The van der Waals surface area contributed by atoms with Gasteiger partial charge in [-0.15, -0.1) is 0 Å². The van der Waals surface area contributed by atoms with E-state index in [0.29, 0.717) is 12.1 Å². The number of rotatable bonds is 5. The predicted octanol–water partition coefficient (Wildman–Crippen LogP) is 4.88. The van der Waals surface area contributed by atoms with E-state index >= 15 is 0 Å². The van der Waals surface area contributed by atoms with Gasteiger partial charge in [-0.3, -0.25) is 10.1 Å². The summed E-state index contributed by atoms with van der Waals surface area (Å²) in [5, 5.41) is 11.6. The largest absolute Gasteiger partial charge is 0.381 e. The first-order valence-electron chi connectivity index (χ1n) is 8.34. The lowest BCUT2D eigenvalue weighted by atomic mass is 10.1. The maximum atomic E-state index is 13.8. The van der Waals surface area contributed by atoms with Gasteiger partial charge in [0.05, 0.1) is 16.9 Å². The molecular formula is C21H17FN4. The van der Waals surface area contributed by atoms with Crippen molar-refractivity contribution in [1.82, 2.24) is 15.2 Å². The van der Waals surface area contributed by atoms with Crippen LogP contribution in [-0.2, 0) is 6.54 Å². The second-order valence-corrected chi connectivity index (χ2v) is 5.90. The highest BCUT2D eigenvalue weighted by Gasteiger charge is 2.05. The molecule has 4 rings (SSSR count). The molecule has 0 fully saturated rings. The Morgan fingerprint density at radius 1 is 1.00 bits per heavy atom. The highest BCUT2D eigenvalue weighted by Crippen LogP contribution is 2.23. The highest BCUT2D eigenvalue weighted by molar-refractivity contribution is 5.91. The highest BCUT2D eigenvalue weighted by atomic mass is 19.1. The van der Waals surface area contributed by atoms with Gasteiger partial charge in [-0.1, -0.05) is 24.3 Å². The summed E-state index contributed by atoms with van der Waals surface area (Å²) >= 11 is 0. The Bertz CT molecular complexity index is 1050. The first-order chi connectivity index (χ1) is 12.8. The van der Waals surface area contributed by atoms with Gasteiger partial charge in [-0.25, -0.2) is 4.39 Å². The molecule has 0 aliphatic heterocycles. The summed E-state index contributed by atoms with van der Waals surface area (Å²) < 4.78 is 13.8. The molecule has 4 nitrogen and oxygen atoms in total. The maximum absolute atomic E-state index is 13.8. The van der Waals surface area contributed by atoms with Crippen LogP contribution in [0, 0.1) is 5.82 Å². The summed E-state index contributed by atoms with van der Waals surface area (Å²) in [6, 6.07) is 18.5. The van der Waals surface area contributed by atoms with E-state index in [9.17, 15) is 4.39 Å². The summed E-state index contributed by atoms with van der Waals surface area (Å²) in [5.41, 5.74) is 4.20. The first-order valence-corrected chi connectivity index (χ1v) is 8.34. The molecule has 0 spiro atoms. The van der Waals surface area contributed by atoms with E-state index in [2.05, 4.69) is 20.5 Å². The predicted molar refractivity (Wildman–Crippen MR) is 103 cm³/mol. The zero-order chi connectivity index (χ0) is 17.8.